The maximum Gasteiger partial charge on any atom is 0.262 e. The minimum Gasteiger partial charge on any atom is -0.328 e. The summed E-state index contributed by atoms with van der Waals surface area (Å²) in [5.74, 6) is -0.631. The van der Waals surface area contributed by atoms with Gasteiger partial charge in [-0.25, -0.2) is 0 Å². The van der Waals surface area contributed by atoms with Crippen LogP contribution < -0.4 is 8.85 Å². The first-order chi connectivity index (χ1) is 5.16. The number of nitrogens with one attached hydrogen (secondary N) is 2. The van der Waals surface area contributed by atoms with E-state index in [0.717, 1.165) is 0 Å². The lowest BCUT2D eigenvalue weighted by Crippen LogP contribution is -2.16. The lowest BCUT2D eigenvalue weighted by Gasteiger charge is -1.96. The summed E-state index contributed by atoms with van der Waals surface area (Å²) >= 11 is 1.70. The van der Waals surface area contributed by atoms with Crippen molar-refractivity contribution in [1.29, 1.82) is 0 Å². The van der Waals surface area contributed by atoms with Crippen LogP contribution in [0.25, 0.3) is 0 Å². The van der Waals surface area contributed by atoms with Gasteiger partial charge in [0.05, 0.1) is 28.4 Å². The molecule has 0 aromatic carbocycles. The summed E-state index contributed by atoms with van der Waals surface area (Å²) in [5, 5.41) is 2.37. The third-order valence-electron chi connectivity index (χ3n) is 1.28. The van der Waals surface area contributed by atoms with E-state index in [1.807, 2.05) is 0 Å². The molecule has 0 atom stereocenters. The van der Waals surface area contributed by atoms with Gasteiger partial charge in [-0.1, -0.05) is 6.58 Å². The molecule has 0 saturated carbocycles. The Morgan fingerprint density at radius 3 is 2.73 bits per heavy atom. The third-order valence-corrected chi connectivity index (χ3v) is 1.77. The second kappa shape index (κ2) is 3.04. The molecule has 0 fully saturated rings. The molecule has 11 heavy (non-hydrogen) atoms. The van der Waals surface area contributed by atoms with Gasteiger partial charge in [-0.05, 0) is 0 Å². The van der Waals surface area contributed by atoms with Crippen molar-refractivity contribution >= 4 is 34.7 Å². The minimum atomic E-state index is -0.319. The van der Waals surface area contributed by atoms with Crippen LogP contribution in [0.1, 0.15) is 0 Å². The molecule has 1 rings (SSSR count). The SMILES string of the molecule is C=C1C(=O)NC=C1C(=O)NI. The van der Waals surface area contributed by atoms with Crippen LogP contribution in [-0.2, 0) is 9.59 Å². The highest BCUT2D eigenvalue weighted by Gasteiger charge is 2.22. The molecule has 0 bridgehead atoms. The molecule has 0 radical (unpaired) electrons. The summed E-state index contributed by atoms with van der Waals surface area (Å²) in [4.78, 5) is 21.7. The van der Waals surface area contributed by atoms with Gasteiger partial charge in [0.2, 0.25) is 0 Å². The summed E-state index contributed by atoms with van der Waals surface area (Å²) in [6.45, 7) is 3.44. The molecule has 0 unspecified atom stereocenters. The van der Waals surface area contributed by atoms with Gasteiger partial charge in [-0.3, -0.25) is 13.1 Å². The monoisotopic (exact) mass is 264 g/mol. The van der Waals surface area contributed by atoms with Gasteiger partial charge in [0.15, 0.2) is 0 Å². The van der Waals surface area contributed by atoms with Crippen LogP contribution in [0, 0.1) is 0 Å². The Labute approximate surface area is 77.2 Å². The molecule has 58 valence electrons. The Balaban J connectivity index is 2.84. The van der Waals surface area contributed by atoms with Crippen molar-refractivity contribution in [1.82, 2.24) is 8.85 Å². The van der Waals surface area contributed by atoms with Crippen molar-refractivity contribution < 1.29 is 9.59 Å². The Morgan fingerprint density at radius 1 is 1.73 bits per heavy atom. The van der Waals surface area contributed by atoms with E-state index in [0.29, 0.717) is 5.57 Å². The zero-order chi connectivity index (χ0) is 8.43. The van der Waals surface area contributed by atoms with E-state index in [1.54, 1.807) is 22.9 Å². The highest BCUT2D eigenvalue weighted by Crippen LogP contribution is 2.12. The number of rotatable bonds is 1. The second-order valence-corrected chi connectivity index (χ2v) is 2.47. The number of carbonyl (C=O) groups is 2. The number of amides is 2. The number of hydrogen-bond donors (Lipinski definition) is 2. The van der Waals surface area contributed by atoms with E-state index < -0.39 is 0 Å². The molecule has 2 amide bonds. The van der Waals surface area contributed by atoms with Crippen LogP contribution in [0.2, 0.25) is 0 Å². The molecule has 0 aromatic heterocycles. The fourth-order valence-electron chi connectivity index (χ4n) is 0.688. The molecular formula is C6H5IN2O2. The summed E-state index contributed by atoms with van der Waals surface area (Å²) in [6.07, 6.45) is 1.35. The van der Waals surface area contributed by atoms with Gasteiger partial charge in [-0.2, -0.15) is 0 Å². The number of hydrogen-bond acceptors (Lipinski definition) is 2. The first kappa shape index (κ1) is 8.25. The van der Waals surface area contributed by atoms with E-state index in [1.165, 1.54) is 6.20 Å². The molecular weight excluding hydrogens is 259 g/mol. The summed E-state index contributed by atoms with van der Waals surface area (Å²) in [7, 11) is 0. The second-order valence-electron chi connectivity index (χ2n) is 1.93. The van der Waals surface area contributed by atoms with Crippen LogP contribution in [0.15, 0.2) is 23.9 Å². The van der Waals surface area contributed by atoms with Crippen molar-refractivity contribution in [3.63, 3.8) is 0 Å². The lowest BCUT2D eigenvalue weighted by atomic mass is 10.1. The first-order valence-corrected chi connectivity index (χ1v) is 3.86. The zero-order valence-corrected chi connectivity index (χ0v) is 7.64. The smallest absolute Gasteiger partial charge is 0.262 e. The zero-order valence-electron chi connectivity index (χ0n) is 5.48. The van der Waals surface area contributed by atoms with Gasteiger partial charge < -0.3 is 5.32 Å². The predicted octanol–water partition coefficient (Wildman–Crippen LogP) is 0.0225. The lowest BCUT2D eigenvalue weighted by molar-refractivity contribution is -0.117. The summed E-state index contributed by atoms with van der Waals surface area (Å²) in [6, 6.07) is 0. The average molecular weight is 264 g/mol. The Hall–Kier alpha value is -0.850. The molecule has 2 N–H and O–H groups in total. The van der Waals surface area contributed by atoms with Gasteiger partial charge in [0, 0.05) is 11.8 Å². The van der Waals surface area contributed by atoms with E-state index >= 15 is 0 Å². The maximum atomic E-state index is 10.9. The molecule has 0 spiro atoms. The van der Waals surface area contributed by atoms with Gasteiger partial charge >= 0.3 is 0 Å². The molecule has 1 heterocycles. The van der Waals surface area contributed by atoms with Crippen molar-refractivity contribution in [3.05, 3.63) is 23.9 Å². The van der Waals surface area contributed by atoms with Crippen molar-refractivity contribution in [3.8, 4) is 0 Å². The third kappa shape index (κ3) is 1.42. The average Bonchev–Trinajstić information content (AvgIpc) is 2.32. The van der Waals surface area contributed by atoms with E-state index in [-0.39, 0.29) is 17.4 Å². The molecule has 1 aliphatic rings. The van der Waals surface area contributed by atoms with Crippen LogP contribution >= 0.6 is 22.9 Å². The number of carbonyl (C=O) groups excluding carboxylic acids is 2. The number of halogens is 1. The standard InChI is InChI=1S/C6H5IN2O2/c1-3-4(6(11)9-7)2-8-5(3)10/h2H,1H2,(H,8,10)(H,9,11). The Bertz CT molecular complexity index is 270. The van der Waals surface area contributed by atoms with Crippen molar-refractivity contribution in [2.45, 2.75) is 0 Å². The molecule has 4 nitrogen and oxygen atoms in total. The summed E-state index contributed by atoms with van der Waals surface area (Å²) in [5.41, 5.74) is 0.503. The maximum absolute atomic E-state index is 10.9. The predicted molar refractivity (Wildman–Crippen MR) is 47.5 cm³/mol. The minimum absolute atomic E-state index is 0.208. The quantitative estimate of drug-likeness (QED) is 0.398. The van der Waals surface area contributed by atoms with Gasteiger partial charge in [0.25, 0.3) is 11.8 Å². The van der Waals surface area contributed by atoms with Crippen LogP contribution in [0.5, 0.6) is 0 Å². The largest absolute Gasteiger partial charge is 0.328 e. The summed E-state index contributed by atoms with van der Waals surface area (Å²) < 4.78 is 2.37. The Kier molecular flexibility index (Phi) is 2.28. The molecule has 0 aliphatic carbocycles. The van der Waals surface area contributed by atoms with Crippen molar-refractivity contribution in [2.75, 3.05) is 0 Å². The topological polar surface area (TPSA) is 58.2 Å². The Morgan fingerprint density at radius 2 is 2.36 bits per heavy atom. The van der Waals surface area contributed by atoms with Crippen LogP contribution in [-0.4, -0.2) is 11.8 Å². The van der Waals surface area contributed by atoms with Crippen LogP contribution in [0.3, 0.4) is 0 Å². The van der Waals surface area contributed by atoms with E-state index in [4.69, 9.17) is 0 Å². The van der Waals surface area contributed by atoms with Gasteiger partial charge in [-0.15, -0.1) is 0 Å². The van der Waals surface area contributed by atoms with Gasteiger partial charge in [0.1, 0.15) is 0 Å². The molecule has 5 heteroatoms. The fourth-order valence-corrected chi connectivity index (χ4v) is 0.978. The highest BCUT2D eigenvalue weighted by molar-refractivity contribution is 14.1. The molecule has 1 aliphatic heterocycles. The fraction of sp³-hybridized carbons (Fsp3) is 0. The highest BCUT2D eigenvalue weighted by atomic mass is 127. The van der Waals surface area contributed by atoms with Crippen LogP contribution in [0.4, 0.5) is 0 Å². The molecule has 0 saturated heterocycles. The van der Waals surface area contributed by atoms with E-state index in [9.17, 15) is 9.59 Å². The van der Waals surface area contributed by atoms with Crippen molar-refractivity contribution in [2.24, 2.45) is 0 Å². The normalized spacial score (nSPS) is 15.9. The molecule has 0 aromatic rings. The first-order valence-electron chi connectivity index (χ1n) is 2.78. The van der Waals surface area contributed by atoms with E-state index in [2.05, 4.69) is 15.4 Å².